The van der Waals surface area contributed by atoms with Gasteiger partial charge in [0.15, 0.2) is 0 Å². The Hall–Kier alpha value is -1.08. The van der Waals surface area contributed by atoms with Crippen LogP contribution in [-0.2, 0) is 4.79 Å². The fourth-order valence-electron chi connectivity index (χ4n) is 1.30. The number of hydrogen-bond donors (Lipinski definition) is 0. The lowest BCUT2D eigenvalue weighted by atomic mass is 10.3. The second kappa shape index (κ2) is 4.83. The molecule has 4 nitrogen and oxygen atoms in total. The first kappa shape index (κ1) is 10.0. The van der Waals surface area contributed by atoms with Crippen molar-refractivity contribution in [3.8, 4) is 6.07 Å². The quantitative estimate of drug-likeness (QED) is 0.576. The molecule has 0 radical (unpaired) electrons. The monoisotopic (exact) mass is 182 g/mol. The number of hydrogen-bond acceptors (Lipinski definition) is 2. The highest BCUT2D eigenvalue weighted by molar-refractivity contribution is 5.79. The van der Waals surface area contributed by atoms with E-state index in [1.165, 1.54) is 0 Å². The third-order valence-electron chi connectivity index (χ3n) is 2.23. The second-order valence-electron chi connectivity index (χ2n) is 3.22. The van der Waals surface area contributed by atoms with E-state index in [0.29, 0.717) is 0 Å². The van der Waals surface area contributed by atoms with E-state index in [1.807, 2.05) is 4.90 Å². The van der Waals surface area contributed by atoms with Gasteiger partial charge in [0.2, 0.25) is 0 Å². The molecule has 0 aliphatic carbocycles. The topological polar surface area (TPSA) is 27.9 Å². The summed E-state index contributed by atoms with van der Waals surface area (Å²) in [5.41, 5.74) is 0. The van der Waals surface area contributed by atoms with Gasteiger partial charge in [0.1, 0.15) is 0 Å². The van der Waals surface area contributed by atoms with Crippen LogP contribution < -0.4 is 0 Å². The second-order valence-corrected chi connectivity index (χ2v) is 3.22. The first-order valence-corrected chi connectivity index (χ1v) is 4.53. The molecule has 1 aliphatic heterocycles. The van der Waals surface area contributed by atoms with Gasteiger partial charge in [-0.3, -0.25) is 4.79 Å². The number of amides is 1. The number of carbonyl (C=O) groups excluding carboxylic acids is 1. The third-order valence-corrected chi connectivity index (χ3v) is 2.23. The lowest BCUT2D eigenvalue weighted by molar-refractivity contribution is -0.130. The molecule has 13 heavy (non-hydrogen) atoms. The van der Waals surface area contributed by atoms with Crippen LogP contribution in [0.3, 0.4) is 0 Å². The molecule has 1 rings (SSSR count). The zero-order chi connectivity index (χ0) is 9.68. The normalized spacial score (nSPS) is 17.8. The highest BCUT2D eigenvalue weighted by Gasteiger charge is 2.21. The van der Waals surface area contributed by atoms with Gasteiger partial charge >= 0.3 is 12.5 Å². The first-order chi connectivity index (χ1) is 6.24. The summed E-state index contributed by atoms with van der Waals surface area (Å²) in [6, 6.07) is 2.61. The summed E-state index contributed by atoms with van der Waals surface area (Å²) >= 11 is 0. The van der Waals surface area contributed by atoms with Crippen LogP contribution in [-0.4, -0.2) is 55.5 Å². The van der Waals surface area contributed by atoms with Crippen LogP contribution in [0.5, 0.6) is 0 Å². The van der Waals surface area contributed by atoms with Crippen molar-refractivity contribution in [1.29, 1.82) is 0 Å². The van der Waals surface area contributed by atoms with Crippen LogP contribution in [0.15, 0.2) is 0 Å². The molecular formula is C9H16N3O+. The number of carbonyl (C=O) groups is 1. The summed E-state index contributed by atoms with van der Waals surface area (Å²) in [7, 11) is 2.07. The molecule has 1 amide bonds. The van der Waals surface area contributed by atoms with Gasteiger partial charge in [-0.15, -0.1) is 0 Å². The number of nitrogens with zero attached hydrogens (tertiary/aromatic N) is 3. The average Bonchev–Trinajstić information content (AvgIpc) is 2.15. The van der Waals surface area contributed by atoms with Gasteiger partial charge in [0.25, 0.3) is 6.07 Å². The third kappa shape index (κ3) is 3.03. The van der Waals surface area contributed by atoms with Crippen LogP contribution in [0.2, 0.25) is 0 Å². The van der Waals surface area contributed by atoms with E-state index < -0.39 is 0 Å². The van der Waals surface area contributed by atoms with Crippen LogP contribution >= 0.6 is 0 Å². The van der Waals surface area contributed by atoms with E-state index in [0.717, 1.165) is 26.2 Å². The predicted molar refractivity (Wildman–Crippen MR) is 51.9 cm³/mol. The fraction of sp³-hybridized carbons (Fsp3) is 0.778. The van der Waals surface area contributed by atoms with Crippen LogP contribution in [0.1, 0.15) is 6.92 Å². The molecule has 0 aromatic carbocycles. The minimum Gasteiger partial charge on any atom is -0.334 e. The van der Waals surface area contributed by atoms with Crippen molar-refractivity contribution in [2.75, 3.05) is 39.8 Å². The molecule has 0 spiro atoms. The van der Waals surface area contributed by atoms with Gasteiger partial charge < -0.3 is 9.80 Å². The van der Waals surface area contributed by atoms with Gasteiger partial charge in [-0.25, -0.2) is 0 Å². The molecule has 0 atom stereocenters. The van der Waals surface area contributed by atoms with E-state index in [9.17, 15) is 4.79 Å². The fourth-order valence-corrected chi connectivity index (χ4v) is 1.30. The molecule has 0 bridgehead atoms. The average molecular weight is 182 g/mol. The lowest BCUT2D eigenvalue weighted by Gasteiger charge is -2.30. The maximum Gasteiger partial charge on any atom is 0.340 e. The maximum atomic E-state index is 11.4. The summed E-state index contributed by atoms with van der Waals surface area (Å²) < 4.78 is 0. The summed E-state index contributed by atoms with van der Waals surface area (Å²) in [6.45, 7) is 5.54. The molecule has 0 unspecified atom stereocenters. The first-order valence-electron chi connectivity index (χ1n) is 4.53. The van der Waals surface area contributed by atoms with Crippen LogP contribution in [0.4, 0.5) is 0 Å². The van der Waals surface area contributed by atoms with E-state index in [4.69, 9.17) is 0 Å². The van der Waals surface area contributed by atoms with Crippen molar-refractivity contribution >= 4 is 5.91 Å². The Morgan fingerprint density at radius 3 is 2.54 bits per heavy atom. The maximum absolute atomic E-state index is 11.4. The van der Waals surface area contributed by atoms with Gasteiger partial charge in [0.05, 0.1) is 6.92 Å². The SMILES string of the molecule is CC#[N+]CC(=O)N1CCN(C)CC1. The summed E-state index contributed by atoms with van der Waals surface area (Å²) in [4.78, 5) is 19.3. The van der Waals surface area contributed by atoms with Crippen molar-refractivity contribution in [3.63, 3.8) is 0 Å². The Morgan fingerprint density at radius 2 is 2.00 bits per heavy atom. The zero-order valence-electron chi connectivity index (χ0n) is 8.29. The van der Waals surface area contributed by atoms with Crippen LogP contribution in [0.25, 0.3) is 4.85 Å². The van der Waals surface area contributed by atoms with Crippen molar-refractivity contribution < 1.29 is 4.79 Å². The summed E-state index contributed by atoms with van der Waals surface area (Å²) in [5.74, 6) is 0.113. The molecule has 1 saturated heterocycles. The van der Waals surface area contributed by atoms with Crippen molar-refractivity contribution in [2.45, 2.75) is 6.92 Å². The van der Waals surface area contributed by atoms with Crippen molar-refractivity contribution in [2.24, 2.45) is 0 Å². The number of piperazine rings is 1. The van der Waals surface area contributed by atoms with Crippen molar-refractivity contribution in [1.82, 2.24) is 9.80 Å². The Bertz CT molecular complexity index is 233. The van der Waals surface area contributed by atoms with E-state index in [2.05, 4.69) is 22.9 Å². The lowest BCUT2D eigenvalue weighted by Crippen LogP contribution is -2.47. The van der Waals surface area contributed by atoms with E-state index >= 15 is 0 Å². The van der Waals surface area contributed by atoms with E-state index in [1.54, 1.807) is 6.92 Å². The van der Waals surface area contributed by atoms with E-state index in [-0.39, 0.29) is 12.5 Å². The Balaban J connectivity index is 2.34. The largest absolute Gasteiger partial charge is 0.340 e. The highest BCUT2D eigenvalue weighted by atomic mass is 16.2. The Morgan fingerprint density at radius 1 is 1.38 bits per heavy atom. The van der Waals surface area contributed by atoms with Gasteiger partial charge in [-0.05, 0) is 7.05 Å². The Kier molecular flexibility index (Phi) is 3.71. The molecular weight excluding hydrogens is 166 g/mol. The van der Waals surface area contributed by atoms with Crippen molar-refractivity contribution in [3.05, 3.63) is 4.85 Å². The zero-order valence-corrected chi connectivity index (χ0v) is 8.29. The summed E-state index contributed by atoms with van der Waals surface area (Å²) in [5, 5.41) is 0. The standard InChI is InChI=1S/C9H16N3O/c1-3-10-8-9(13)12-6-4-11(2)5-7-12/h4-8H2,1-2H3/q+1. The predicted octanol–water partition coefficient (Wildman–Crippen LogP) is 0.113. The minimum absolute atomic E-state index is 0.113. The molecule has 0 saturated carbocycles. The van der Waals surface area contributed by atoms with Crippen LogP contribution in [0, 0.1) is 6.07 Å². The number of likely N-dealkylation sites (N-methyl/N-ethyl adjacent to an activating group) is 1. The summed E-state index contributed by atoms with van der Waals surface area (Å²) in [6.07, 6.45) is 0. The molecule has 0 aromatic rings. The highest BCUT2D eigenvalue weighted by Crippen LogP contribution is 1.99. The van der Waals surface area contributed by atoms with Gasteiger partial charge in [-0.2, -0.15) is 0 Å². The minimum atomic E-state index is 0.113. The molecule has 72 valence electrons. The molecule has 0 aromatic heterocycles. The molecule has 0 N–H and O–H groups in total. The van der Waals surface area contributed by atoms with Gasteiger partial charge in [-0.1, -0.05) is 4.85 Å². The molecule has 1 fully saturated rings. The number of rotatable bonds is 1. The molecule has 1 aliphatic rings. The van der Waals surface area contributed by atoms with Gasteiger partial charge in [0, 0.05) is 26.2 Å². The molecule has 4 heteroatoms. The Labute approximate surface area is 78.9 Å². The smallest absolute Gasteiger partial charge is 0.334 e. The molecule has 1 heterocycles.